The molecule has 0 radical (unpaired) electrons. The minimum atomic E-state index is -0.122. The number of nitrogens with one attached hydrogen (secondary N) is 2. The van der Waals surface area contributed by atoms with Gasteiger partial charge in [0.15, 0.2) is 0 Å². The zero-order valence-electron chi connectivity index (χ0n) is 16.4. The summed E-state index contributed by atoms with van der Waals surface area (Å²) in [6.45, 7) is 0. The van der Waals surface area contributed by atoms with Gasteiger partial charge in [-0.15, -0.1) is 0 Å². The molecule has 32 heavy (non-hydrogen) atoms. The zero-order chi connectivity index (χ0) is 22.9. The van der Waals surface area contributed by atoms with Gasteiger partial charge < -0.3 is 10.2 Å². The van der Waals surface area contributed by atoms with Gasteiger partial charge in [0.1, 0.15) is 5.75 Å². The van der Waals surface area contributed by atoms with Gasteiger partial charge in [0, 0.05) is 5.56 Å². The molecule has 0 aromatic heterocycles. The Morgan fingerprint density at radius 1 is 0.812 bits per heavy atom. The van der Waals surface area contributed by atoms with Gasteiger partial charge in [0.25, 0.3) is 0 Å². The molecule has 165 valence electrons. The molecule has 4 rings (SSSR count). The molecule has 6 nitrogen and oxygen atoms in total. The maximum atomic E-state index is 12.1. The summed E-state index contributed by atoms with van der Waals surface area (Å²) in [6, 6.07) is 22.2. The Labute approximate surface area is 202 Å². The van der Waals surface area contributed by atoms with Crippen molar-refractivity contribution in [3.63, 3.8) is 0 Å². The van der Waals surface area contributed by atoms with E-state index in [4.69, 9.17) is 12.2 Å². The van der Waals surface area contributed by atoms with Crippen molar-refractivity contribution in [2.24, 2.45) is 10.2 Å². The number of aromatic hydroxyl groups is 1. The minimum absolute atomic E-state index is 0.121. The van der Waals surface area contributed by atoms with Crippen LogP contribution in [0, 0.1) is 0 Å². The number of fused-ring (bicyclic) bond motifs is 2. The Hall–Kier alpha value is -3.16. The van der Waals surface area contributed by atoms with Gasteiger partial charge in [0.2, 0.25) is 5.11 Å². The predicted molar refractivity (Wildman–Crippen MR) is 129 cm³/mol. The molecule has 0 aliphatic rings. The van der Waals surface area contributed by atoms with Gasteiger partial charge in [-0.1, -0.05) is 60.3 Å². The number of rotatable bonds is 4. The molecule has 0 heterocycles. The summed E-state index contributed by atoms with van der Waals surface area (Å²) in [4.78, 5) is 0. The number of hydrazone groups is 2. The number of thiocarbonyl (C=S) groups is 1. The minimum Gasteiger partial charge on any atom is -0.872 e. The fourth-order valence-corrected chi connectivity index (χ4v) is 3.14. The number of phenolic OH excluding ortho intramolecular Hbond substituents is 1. The molecule has 0 atom stereocenters. The first-order valence-corrected chi connectivity index (χ1v) is 11.0. The smallest absolute Gasteiger partial charge is 0.207 e. The summed E-state index contributed by atoms with van der Waals surface area (Å²) in [5.41, 5.74) is 6.24. The SMILES string of the molecule is [Cl][Cu+].[O-]c1cc2ccccc2cc1/C=N/NC(=S)N/N=C/c1cc2ccccc2cc1O. The number of nitrogens with zero attached hydrogens (tertiary/aromatic N) is 2. The molecule has 0 saturated carbocycles. The van der Waals surface area contributed by atoms with Crippen LogP contribution >= 0.6 is 22.3 Å². The summed E-state index contributed by atoms with van der Waals surface area (Å²) in [6.07, 6.45) is 2.89. The average Bonchev–Trinajstić information content (AvgIpc) is 2.81. The first kappa shape index (κ1) is 23.5. The molecule has 4 aromatic carbocycles. The van der Waals surface area contributed by atoms with E-state index in [1.54, 1.807) is 18.2 Å². The molecular formula is C23H17ClCuN4O2S. The second kappa shape index (κ2) is 11.5. The van der Waals surface area contributed by atoms with Crippen LogP contribution in [0.3, 0.4) is 0 Å². The quantitative estimate of drug-likeness (QED) is 0.164. The third-order valence-electron chi connectivity index (χ3n) is 4.51. The fraction of sp³-hybridized carbons (Fsp3) is 0. The second-order valence-electron chi connectivity index (χ2n) is 6.56. The molecule has 0 fully saturated rings. The molecule has 0 unspecified atom stereocenters. The number of benzene rings is 4. The van der Waals surface area contributed by atoms with Crippen LogP contribution in [0.5, 0.6) is 11.5 Å². The van der Waals surface area contributed by atoms with Crippen LogP contribution in [0.2, 0.25) is 0 Å². The molecular weight excluding hydrogens is 495 g/mol. The molecule has 9 heteroatoms. The second-order valence-corrected chi connectivity index (χ2v) is 6.97. The van der Waals surface area contributed by atoms with E-state index in [0.717, 1.165) is 21.5 Å². The molecule has 0 amide bonds. The average molecular weight is 512 g/mol. The van der Waals surface area contributed by atoms with Crippen molar-refractivity contribution in [2.45, 2.75) is 0 Å². The maximum Gasteiger partial charge on any atom is 0.207 e. The van der Waals surface area contributed by atoms with Crippen molar-refractivity contribution in [2.75, 3.05) is 0 Å². The van der Waals surface area contributed by atoms with Crippen LogP contribution in [0.4, 0.5) is 0 Å². The van der Waals surface area contributed by atoms with E-state index in [1.165, 1.54) is 12.4 Å². The third-order valence-corrected chi connectivity index (χ3v) is 4.70. The summed E-state index contributed by atoms with van der Waals surface area (Å²) in [7, 11) is 4.20. The van der Waals surface area contributed by atoms with E-state index in [-0.39, 0.29) is 16.6 Å². The van der Waals surface area contributed by atoms with Crippen LogP contribution in [0.15, 0.2) is 83.0 Å². The zero-order valence-corrected chi connectivity index (χ0v) is 18.9. The summed E-state index contributed by atoms with van der Waals surface area (Å²) >= 11 is 8.77. The van der Waals surface area contributed by atoms with Crippen molar-refractivity contribution < 1.29 is 25.3 Å². The Kier molecular flexibility index (Phi) is 8.41. The van der Waals surface area contributed by atoms with Crippen LogP contribution < -0.4 is 16.0 Å². The van der Waals surface area contributed by atoms with E-state index < -0.39 is 0 Å². The van der Waals surface area contributed by atoms with Gasteiger partial charge in [0.05, 0.1) is 12.4 Å². The van der Waals surface area contributed by atoms with Crippen molar-refractivity contribution in [3.8, 4) is 11.5 Å². The number of hydrogen-bond donors (Lipinski definition) is 3. The molecule has 0 aliphatic heterocycles. The monoisotopic (exact) mass is 511 g/mol. The van der Waals surface area contributed by atoms with Gasteiger partial charge >= 0.3 is 25.2 Å². The van der Waals surface area contributed by atoms with Gasteiger partial charge in [-0.05, 0) is 57.5 Å². The molecule has 0 saturated heterocycles. The van der Waals surface area contributed by atoms with Crippen LogP contribution in [0.1, 0.15) is 11.1 Å². The van der Waals surface area contributed by atoms with E-state index in [9.17, 15) is 10.2 Å². The van der Waals surface area contributed by atoms with Crippen LogP contribution in [-0.2, 0) is 15.1 Å². The van der Waals surface area contributed by atoms with Crippen molar-refractivity contribution in [3.05, 3.63) is 83.9 Å². The Balaban J connectivity index is 0.00000141. The Morgan fingerprint density at radius 2 is 1.25 bits per heavy atom. The summed E-state index contributed by atoms with van der Waals surface area (Å²) in [5.74, 6) is -0.00152. The number of phenols is 1. The number of halogens is 1. The number of hydrogen-bond acceptors (Lipinski definition) is 5. The third kappa shape index (κ3) is 5.96. The topological polar surface area (TPSA) is 92.1 Å². The maximum absolute atomic E-state index is 12.1. The summed E-state index contributed by atoms with van der Waals surface area (Å²) < 4.78 is 0. The van der Waals surface area contributed by atoms with E-state index in [1.807, 2.05) is 54.6 Å². The molecule has 0 spiro atoms. The van der Waals surface area contributed by atoms with Crippen molar-refractivity contribution >= 4 is 61.4 Å². The van der Waals surface area contributed by atoms with Gasteiger partial charge in [-0.25, -0.2) is 0 Å². The standard InChI is InChI=1S/C23H18N4O2S.ClH.Cu/c28-21-11-17-7-3-1-5-15(17)9-19(21)13-24-26-23(30)27-25-14-20-10-16-6-2-4-8-18(16)12-22(20)29;;/h1-14,28-29H,(H2,26,27,30);1H;/q;;+2/p-2/b24-13+,25-14+;;. The normalized spacial score (nSPS) is 11.0. The molecule has 3 N–H and O–H groups in total. The van der Waals surface area contributed by atoms with E-state index >= 15 is 0 Å². The summed E-state index contributed by atoms with van der Waals surface area (Å²) in [5, 5.41) is 34.2. The molecule has 4 aromatic rings. The Bertz CT molecular complexity index is 1210. The fourth-order valence-electron chi connectivity index (χ4n) is 3.03. The molecule has 0 aliphatic carbocycles. The van der Waals surface area contributed by atoms with Crippen LogP contribution in [0.25, 0.3) is 21.5 Å². The van der Waals surface area contributed by atoms with Gasteiger partial charge in [-0.3, -0.25) is 10.9 Å². The molecule has 0 bridgehead atoms. The first-order valence-electron chi connectivity index (χ1n) is 9.25. The van der Waals surface area contributed by atoms with Crippen molar-refractivity contribution in [1.82, 2.24) is 10.9 Å². The van der Waals surface area contributed by atoms with E-state index in [0.29, 0.717) is 11.1 Å². The first-order chi connectivity index (χ1) is 15.6. The van der Waals surface area contributed by atoms with Crippen molar-refractivity contribution in [1.29, 1.82) is 0 Å². The Morgan fingerprint density at radius 3 is 1.81 bits per heavy atom. The largest absolute Gasteiger partial charge is 0.872 e. The van der Waals surface area contributed by atoms with E-state index in [2.05, 4.69) is 46.3 Å². The van der Waals surface area contributed by atoms with Gasteiger partial charge in [-0.2, -0.15) is 10.2 Å². The predicted octanol–water partition coefficient (Wildman–Crippen LogP) is 4.29. The van der Waals surface area contributed by atoms with Crippen LogP contribution in [-0.4, -0.2) is 22.6 Å².